The molecule has 0 saturated carbocycles. The molecule has 1 heterocycles. The van der Waals surface area contributed by atoms with Gasteiger partial charge in [0, 0.05) is 49.0 Å². The van der Waals surface area contributed by atoms with Crippen LogP contribution in [0.3, 0.4) is 0 Å². The number of phenolic OH excluding ortho intramolecular Hbond substituents is 1. The Morgan fingerprint density at radius 2 is 1.81 bits per heavy atom. The quantitative estimate of drug-likeness (QED) is 0.340. The van der Waals surface area contributed by atoms with Crippen LogP contribution in [0.15, 0.2) is 72.8 Å². The van der Waals surface area contributed by atoms with Crippen molar-refractivity contribution in [3.8, 4) is 5.75 Å². The first-order chi connectivity index (χ1) is 17.2. The molecule has 3 aromatic rings. The Hall–Kier alpha value is -3.78. The number of benzene rings is 3. The van der Waals surface area contributed by atoms with Crippen molar-refractivity contribution in [1.29, 1.82) is 0 Å². The number of aromatic hydroxyl groups is 1. The lowest BCUT2D eigenvalue weighted by Crippen LogP contribution is -2.42. The average Bonchev–Trinajstić information content (AvgIpc) is 3.33. The number of rotatable bonds is 9. The molecular weight excluding hydrogens is 466 g/mol. The highest BCUT2D eigenvalue weighted by Gasteiger charge is 2.44. The average molecular weight is 495 g/mol. The highest BCUT2D eigenvalue weighted by molar-refractivity contribution is 6.00. The Morgan fingerprint density at radius 1 is 1.06 bits per heavy atom. The molecule has 1 saturated heterocycles. The summed E-state index contributed by atoms with van der Waals surface area (Å²) in [5, 5.41) is 15.6. The van der Waals surface area contributed by atoms with Crippen molar-refractivity contribution < 1.29 is 28.2 Å². The van der Waals surface area contributed by atoms with E-state index < -0.39 is 11.3 Å². The second kappa shape index (κ2) is 10.5. The van der Waals surface area contributed by atoms with Gasteiger partial charge >= 0.3 is 0 Å². The summed E-state index contributed by atoms with van der Waals surface area (Å²) in [6.07, 6.45) is 0.403. The molecule has 6 nitrogen and oxygen atoms in total. The molecule has 36 heavy (non-hydrogen) atoms. The van der Waals surface area contributed by atoms with Crippen LogP contribution in [-0.4, -0.2) is 30.0 Å². The fourth-order valence-electron chi connectivity index (χ4n) is 4.30. The molecule has 0 aromatic heterocycles. The number of para-hydroxylation sites is 1. The number of hydrogen-bond donors (Lipinski definition) is 3. The number of nitrogens with one attached hydrogen (secondary N) is 2. The van der Waals surface area contributed by atoms with Crippen LogP contribution in [0.25, 0.3) is 0 Å². The van der Waals surface area contributed by atoms with E-state index in [0.29, 0.717) is 30.0 Å². The topological polar surface area (TPSA) is 87.7 Å². The van der Waals surface area contributed by atoms with Crippen molar-refractivity contribution in [2.45, 2.75) is 32.2 Å². The molecule has 0 aliphatic carbocycles. The minimum Gasteiger partial charge on any atom is -0.508 e. The van der Waals surface area contributed by atoms with Crippen molar-refractivity contribution >= 4 is 23.1 Å². The maximum atomic E-state index is 13.9. The van der Waals surface area contributed by atoms with Gasteiger partial charge in [-0.2, -0.15) is 0 Å². The van der Waals surface area contributed by atoms with E-state index in [1.54, 1.807) is 54.6 Å². The molecule has 0 radical (unpaired) electrons. The number of ketones is 1. The lowest BCUT2D eigenvalue weighted by molar-refractivity contribution is -0.131. The van der Waals surface area contributed by atoms with Crippen LogP contribution in [0.2, 0.25) is 0 Å². The van der Waals surface area contributed by atoms with E-state index in [1.807, 2.05) is 0 Å². The van der Waals surface area contributed by atoms with Crippen molar-refractivity contribution in [2.75, 3.05) is 18.5 Å². The molecule has 1 aliphatic rings. The zero-order valence-corrected chi connectivity index (χ0v) is 19.9. The van der Waals surface area contributed by atoms with Crippen LogP contribution in [0.1, 0.15) is 41.3 Å². The van der Waals surface area contributed by atoms with E-state index >= 15 is 0 Å². The van der Waals surface area contributed by atoms with E-state index in [9.17, 15) is 23.5 Å². The first-order valence-corrected chi connectivity index (χ1v) is 11.7. The summed E-state index contributed by atoms with van der Waals surface area (Å²) < 4.78 is 33.3. The molecule has 1 fully saturated rings. The van der Waals surface area contributed by atoms with Crippen molar-refractivity contribution in [3.63, 3.8) is 0 Å². The van der Waals surface area contributed by atoms with Crippen LogP contribution in [0.4, 0.5) is 20.2 Å². The second-order valence-corrected chi connectivity index (χ2v) is 9.17. The largest absolute Gasteiger partial charge is 0.508 e. The molecule has 0 unspecified atom stereocenters. The standard InChI is InChI=1S/C28H28F2N2O4/c1-27(29,30)23-7-2-3-8-24(23)32-21-11-9-19(10-12-21)17-31-26(35)28(13-14-36-18-28)16-25(34)20-5-4-6-22(33)15-20/h2-12,15,32-33H,13-14,16-18H2,1H3,(H,31,35)/t28-/m0/s1. The van der Waals surface area contributed by atoms with Gasteiger partial charge in [-0.15, -0.1) is 0 Å². The molecule has 0 bridgehead atoms. The molecule has 3 N–H and O–H groups in total. The van der Waals surface area contributed by atoms with E-state index in [0.717, 1.165) is 12.5 Å². The van der Waals surface area contributed by atoms with Gasteiger partial charge in [0.15, 0.2) is 5.78 Å². The summed E-state index contributed by atoms with van der Waals surface area (Å²) >= 11 is 0. The maximum Gasteiger partial charge on any atom is 0.272 e. The van der Waals surface area contributed by atoms with Crippen LogP contribution in [-0.2, 0) is 22.0 Å². The van der Waals surface area contributed by atoms with E-state index in [4.69, 9.17) is 4.74 Å². The number of carbonyl (C=O) groups excluding carboxylic acids is 2. The number of alkyl halides is 2. The van der Waals surface area contributed by atoms with Gasteiger partial charge in [0.2, 0.25) is 5.91 Å². The Bertz CT molecular complexity index is 1230. The predicted octanol–water partition coefficient (Wildman–Crippen LogP) is 5.54. The number of carbonyl (C=O) groups is 2. The van der Waals surface area contributed by atoms with Crippen molar-refractivity contribution in [3.05, 3.63) is 89.5 Å². The third-order valence-corrected chi connectivity index (χ3v) is 6.34. The molecule has 4 rings (SSSR count). The Labute approximate surface area is 208 Å². The normalized spacial score (nSPS) is 17.5. The molecule has 3 aromatic carbocycles. The van der Waals surface area contributed by atoms with E-state index in [1.165, 1.54) is 18.2 Å². The van der Waals surface area contributed by atoms with Gasteiger partial charge in [0.1, 0.15) is 5.75 Å². The Morgan fingerprint density at radius 3 is 2.47 bits per heavy atom. The smallest absolute Gasteiger partial charge is 0.272 e. The van der Waals surface area contributed by atoms with Crippen LogP contribution < -0.4 is 10.6 Å². The van der Waals surface area contributed by atoms with Crippen molar-refractivity contribution in [2.24, 2.45) is 5.41 Å². The first-order valence-electron chi connectivity index (χ1n) is 11.7. The minimum atomic E-state index is -2.98. The number of phenols is 1. The number of ether oxygens (including phenoxy) is 1. The zero-order chi connectivity index (χ0) is 25.8. The molecule has 0 spiro atoms. The van der Waals surface area contributed by atoms with Gasteiger partial charge < -0.3 is 20.5 Å². The summed E-state index contributed by atoms with van der Waals surface area (Å²) in [4.78, 5) is 25.9. The van der Waals surface area contributed by atoms with Crippen LogP contribution >= 0.6 is 0 Å². The highest BCUT2D eigenvalue weighted by atomic mass is 19.3. The summed E-state index contributed by atoms with van der Waals surface area (Å²) in [6.45, 7) is 1.64. The zero-order valence-electron chi connectivity index (χ0n) is 19.9. The van der Waals surface area contributed by atoms with Gasteiger partial charge in [0.05, 0.1) is 12.0 Å². The number of hydrogen-bond acceptors (Lipinski definition) is 5. The number of Topliss-reactive ketones (excluding diaryl/α,β-unsaturated/α-hetero) is 1. The molecular formula is C28H28F2N2O4. The lowest BCUT2D eigenvalue weighted by Gasteiger charge is -2.25. The van der Waals surface area contributed by atoms with Gasteiger partial charge in [-0.3, -0.25) is 9.59 Å². The van der Waals surface area contributed by atoms with Crippen LogP contribution in [0.5, 0.6) is 5.75 Å². The van der Waals surface area contributed by atoms with Crippen LogP contribution in [0, 0.1) is 5.41 Å². The highest BCUT2D eigenvalue weighted by Crippen LogP contribution is 2.35. The molecule has 8 heteroatoms. The number of amides is 1. The van der Waals surface area contributed by atoms with Gasteiger partial charge in [0.25, 0.3) is 5.92 Å². The monoisotopic (exact) mass is 494 g/mol. The Balaban J connectivity index is 1.39. The lowest BCUT2D eigenvalue weighted by atomic mass is 9.80. The molecule has 1 amide bonds. The molecule has 188 valence electrons. The van der Waals surface area contributed by atoms with Gasteiger partial charge in [-0.1, -0.05) is 42.5 Å². The third-order valence-electron chi connectivity index (χ3n) is 6.34. The van der Waals surface area contributed by atoms with Crippen molar-refractivity contribution in [1.82, 2.24) is 5.32 Å². The second-order valence-electron chi connectivity index (χ2n) is 9.17. The van der Waals surface area contributed by atoms with E-state index in [2.05, 4.69) is 10.6 Å². The molecule has 1 aliphatic heterocycles. The fourth-order valence-corrected chi connectivity index (χ4v) is 4.30. The number of anilines is 2. The summed E-state index contributed by atoms with van der Waals surface area (Å²) in [5.41, 5.74) is 1.06. The summed E-state index contributed by atoms with van der Waals surface area (Å²) in [6, 6.07) is 19.4. The Kier molecular flexibility index (Phi) is 7.35. The van der Waals surface area contributed by atoms with E-state index in [-0.39, 0.29) is 42.6 Å². The number of halogens is 2. The first kappa shape index (κ1) is 25.3. The predicted molar refractivity (Wildman–Crippen MR) is 133 cm³/mol. The van der Waals surface area contributed by atoms with Gasteiger partial charge in [-0.05, 0) is 42.3 Å². The summed E-state index contributed by atoms with van der Waals surface area (Å²) in [7, 11) is 0. The summed E-state index contributed by atoms with van der Waals surface area (Å²) in [5.74, 6) is -3.49. The maximum absolute atomic E-state index is 13.9. The third kappa shape index (κ3) is 5.88. The minimum absolute atomic E-state index is 0.00754. The van der Waals surface area contributed by atoms with Gasteiger partial charge in [-0.25, -0.2) is 8.78 Å². The SMILES string of the molecule is CC(F)(F)c1ccccc1Nc1ccc(CNC(=O)[C@]2(CC(=O)c3cccc(O)c3)CCOC2)cc1. The fraction of sp³-hybridized carbons (Fsp3) is 0.286. The molecule has 1 atom stereocenters.